The Labute approximate surface area is 136 Å². The molecule has 23 heavy (non-hydrogen) atoms. The van der Waals surface area contributed by atoms with E-state index in [2.05, 4.69) is 4.74 Å². The molecule has 0 saturated carbocycles. The van der Waals surface area contributed by atoms with Crippen molar-refractivity contribution in [3.05, 3.63) is 29.8 Å². The number of sulfonamides is 1. The number of hydrogen-bond donors (Lipinski definition) is 0. The van der Waals surface area contributed by atoms with Crippen LogP contribution in [-0.2, 0) is 24.3 Å². The first-order valence-electron chi connectivity index (χ1n) is 7.16. The Morgan fingerprint density at radius 1 is 1.13 bits per heavy atom. The van der Waals surface area contributed by atoms with Crippen LogP contribution in [0.3, 0.4) is 0 Å². The van der Waals surface area contributed by atoms with Crippen molar-refractivity contribution in [2.24, 2.45) is 0 Å². The molecule has 0 fully saturated rings. The Kier molecular flexibility index (Phi) is 6.71. The zero-order chi connectivity index (χ0) is 17.6. The molecule has 0 heterocycles. The number of hydrogen-bond acceptors (Lipinski definition) is 6. The van der Waals surface area contributed by atoms with Crippen LogP contribution in [0.2, 0.25) is 0 Å². The zero-order valence-electron chi connectivity index (χ0n) is 13.6. The van der Waals surface area contributed by atoms with E-state index in [1.807, 2.05) is 0 Å². The van der Waals surface area contributed by atoms with Crippen molar-refractivity contribution in [3.63, 3.8) is 0 Å². The fourth-order valence-electron chi connectivity index (χ4n) is 1.92. The molecule has 0 spiro atoms. The van der Waals surface area contributed by atoms with Crippen LogP contribution in [0.4, 0.5) is 0 Å². The third-order valence-electron chi connectivity index (χ3n) is 3.25. The molecule has 0 saturated heterocycles. The van der Waals surface area contributed by atoms with Gasteiger partial charge in [0.05, 0.1) is 17.6 Å². The van der Waals surface area contributed by atoms with Gasteiger partial charge >= 0.3 is 11.9 Å². The van der Waals surface area contributed by atoms with Crippen LogP contribution < -0.4 is 0 Å². The molecule has 7 nitrogen and oxygen atoms in total. The summed E-state index contributed by atoms with van der Waals surface area (Å²) in [5.74, 6) is -1.39. The van der Waals surface area contributed by atoms with E-state index < -0.39 is 28.1 Å². The Bertz CT molecular complexity index is 649. The van der Waals surface area contributed by atoms with Crippen molar-refractivity contribution in [1.29, 1.82) is 0 Å². The highest BCUT2D eigenvalue weighted by atomic mass is 32.2. The largest absolute Gasteiger partial charge is 0.466 e. The van der Waals surface area contributed by atoms with Gasteiger partial charge in [0.15, 0.2) is 6.10 Å². The van der Waals surface area contributed by atoms with Crippen molar-refractivity contribution >= 4 is 22.0 Å². The van der Waals surface area contributed by atoms with Crippen molar-refractivity contribution in [3.8, 4) is 0 Å². The molecular formula is C15H21NO6S. The second kappa shape index (κ2) is 8.07. The molecule has 0 unspecified atom stereocenters. The maximum Gasteiger partial charge on any atom is 0.346 e. The topological polar surface area (TPSA) is 90.0 Å². The van der Waals surface area contributed by atoms with Crippen LogP contribution in [0.1, 0.15) is 31.1 Å². The lowest BCUT2D eigenvalue weighted by Gasteiger charge is -2.18. The van der Waals surface area contributed by atoms with Crippen LogP contribution in [0, 0.1) is 0 Å². The van der Waals surface area contributed by atoms with Crippen LogP contribution in [-0.4, -0.2) is 51.0 Å². The molecule has 0 N–H and O–H groups in total. The van der Waals surface area contributed by atoms with Crippen LogP contribution in [0.5, 0.6) is 0 Å². The molecule has 1 aromatic rings. The average molecular weight is 343 g/mol. The van der Waals surface area contributed by atoms with E-state index in [1.165, 1.54) is 42.6 Å². The number of methoxy groups -OCH3 is 1. The normalized spacial score (nSPS) is 12.7. The third kappa shape index (κ3) is 4.52. The van der Waals surface area contributed by atoms with Crippen molar-refractivity contribution in [2.75, 3.05) is 20.2 Å². The number of carbonyl (C=O) groups is 2. The first-order chi connectivity index (χ1) is 10.8. The lowest BCUT2D eigenvalue weighted by molar-refractivity contribution is -0.149. The molecule has 0 aliphatic rings. The molecule has 0 aliphatic heterocycles. The van der Waals surface area contributed by atoms with Gasteiger partial charge in [0, 0.05) is 13.1 Å². The van der Waals surface area contributed by atoms with Crippen molar-refractivity contribution in [2.45, 2.75) is 31.8 Å². The number of rotatable bonds is 7. The highest BCUT2D eigenvalue weighted by Gasteiger charge is 2.23. The summed E-state index contributed by atoms with van der Waals surface area (Å²) in [7, 11) is -2.38. The van der Waals surface area contributed by atoms with E-state index in [4.69, 9.17) is 4.74 Å². The summed E-state index contributed by atoms with van der Waals surface area (Å²) in [6, 6.07) is 5.38. The summed E-state index contributed by atoms with van der Waals surface area (Å²) in [6.07, 6.45) is -1.04. The minimum absolute atomic E-state index is 0.0961. The van der Waals surface area contributed by atoms with E-state index in [0.717, 1.165) is 0 Å². The predicted octanol–water partition coefficient (Wildman–Crippen LogP) is 1.44. The summed E-state index contributed by atoms with van der Waals surface area (Å²) in [5.41, 5.74) is 0.152. The molecule has 0 aliphatic carbocycles. The molecule has 0 bridgehead atoms. The van der Waals surface area contributed by atoms with Gasteiger partial charge in [-0.2, -0.15) is 4.31 Å². The van der Waals surface area contributed by atoms with E-state index >= 15 is 0 Å². The van der Waals surface area contributed by atoms with Crippen LogP contribution in [0.25, 0.3) is 0 Å². The van der Waals surface area contributed by atoms with Gasteiger partial charge < -0.3 is 9.47 Å². The summed E-state index contributed by atoms with van der Waals surface area (Å²) in [5, 5.41) is 0. The first kappa shape index (κ1) is 19.1. The highest BCUT2D eigenvalue weighted by Crippen LogP contribution is 2.17. The third-order valence-corrected chi connectivity index (χ3v) is 5.31. The van der Waals surface area contributed by atoms with Gasteiger partial charge in [-0.15, -0.1) is 0 Å². The SMILES string of the molecule is CCN(CC)S(=O)(=O)c1ccc(C(=O)O[C@H](C)C(=O)OC)cc1. The Morgan fingerprint density at radius 3 is 2.09 bits per heavy atom. The number of nitrogens with zero attached hydrogens (tertiary/aromatic N) is 1. The van der Waals surface area contributed by atoms with E-state index in [0.29, 0.717) is 13.1 Å². The van der Waals surface area contributed by atoms with Crippen molar-refractivity contribution < 1.29 is 27.5 Å². The average Bonchev–Trinajstić information content (AvgIpc) is 2.54. The molecule has 1 rings (SSSR count). The molecule has 1 atom stereocenters. The minimum atomic E-state index is -3.58. The maximum atomic E-state index is 12.3. The van der Waals surface area contributed by atoms with Gasteiger partial charge in [-0.25, -0.2) is 18.0 Å². The number of carbonyl (C=O) groups excluding carboxylic acids is 2. The van der Waals surface area contributed by atoms with E-state index in [9.17, 15) is 18.0 Å². The summed E-state index contributed by atoms with van der Waals surface area (Å²) in [4.78, 5) is 23.2. The van der Waals surface area contributed by atoms with Gasteiger partial charge in [-0.1, -0.05) is 13.8 Å². The molecule has 0 amide bonds. The molecule has 128 valence electrons. The fourth-order valence-corrected chi connectivity index (χ4v) is 3.38. The minimum Gasteiger partial charge on any atom is -0.466 e. The predicted molar refractivity (Wildman–Crippen MR) is 83.4 cm³/mol. The summed E-state index contributed by atoms with van der Waals surface area (Å²) >= 11 is 0. The molecule has 1 aromatic carbocycles. The fraction of sp³-hybridized carbons (Fsp3) is 0.467. The Hall–Kier alpha value is -1.93. The number of esters is 2. The highest BCUT2D eigenvalue weighted by molar-refractivity contribution is 7.89. The van der Waals surface area contributed by atoms with Gasteiger partial charge in [0.1, 0.15) is 0 Å². The monoisotopic (exact) mass is 343 g/mol. The van der Waals surface area contributed by atoms with Crippen LogP contribution >= 0.6 is 0 Å². The quantitative estimate of drug-likeness (QED) is 0.696. The van der Waals surface area contributed by atoms with E-state index in [-0.39, 0.29) is 10.5 Å². The molecular weight excluding hydrogens is 322 g/mol. The van der Waals surface area contributed by atoms with Crippen molar-refractivity contribution in [1.82, 2.24) is 4.31 Å². The zero-order valence-corrected chi connectivity index (χ0v) is 14.4. The molecule has 8 heteroatoms. The number of benzene rings is 1. The maximum absolute atomic E-state index is 12.3. The first-order valence-corrected chi connectivity index (χ1v) is 8.60. The Balaban J connectivity index is 2.92. The standard InChI is InChI=1S/C15H21NO6S/c1-5-16(6-2)23(19,20)13-9-7-12(8-10-13)15(18)22-11(3)14(17)21-4/h7-11H,5-6H2,1-4H3/t11-/m1/s1. The van der Waals surface area contributed by atoms with E-state index in [1.54, 1.807) is 13.8 Å². The smallest absolute Gasteiger partial charge is 0.346 e. The summed E-state index contributed by atoms with van der Waals surface area (Å²) < 4.78 is 35.4. The second-order valence-corrected chi connectivity index (χ2v) is 6.62. The molecule has 0 radical (unpaired) electrons. The van der Waals surface area contributed by atoms with Gasteiger partial charge in [0.2, 0.25) is 10.0 Å². The second-order valence-electron chi connectivity index (χ2n) is 4.68. The van der Waals surface area contributed by atoms with Crippen LogP contribution in [0.15, 0.2) is 29.2 Å². The van der Waals surface area contributed by atoms with Gasteiger partial charge in [-0.3, -0.25) is 0 Å². The number of ether oxygens (including phenoxy) is 2. The lowest BCUT2D eigenvalue weighted by atomic mass is 10.2. The van der Waals surface area contributed by atoms with Gasteiger partial charge in [0.25, 0.3) is 0 Å². The Morgan fingerprint density at radius 2 is 1.65 bits per heavy atom. The lowest BCUT2D eigenvalue weighted by Crippen LogP contribution is -2.30. The molecule has 0 aromatic heterocycles. The van der Waals surface area contributed by atoms with Gasteiger partial charge in [-0.05, 0) is 31.2 Å². The summed E-state index contributed by atoms with van der Waals surface area (Å²) in [6.45, 7) is 5.61.